The minimum Gasteiger partial charge on any atom is -0.397 e. The average molecular weight is 304 g/mol. The normalized spacial score (nSPS) is 11.5. The fraction of sp³-hybridized carbons (Fsp3) is 0.500. The lowest BCUT2D eigenvalue weighted by Crippen LogP contribution is -2.08. The molecule has 19 heavy (non-hydrogen) atoms. The van der Waals surface area contributed by atoms with Gasteiger partial charge in [-0.15, -0.1) is 0 Å². The van der Waals surface area contributed by atoms with Crippen molar-refractivity contribution in [2.24, 2.45) is 0 Å². The molecule has 4 N–H and O–H groups in total. The first-order valence-electron chi connectivity index (χ1n) is 5.97. The SMILES string of the molecule is CS(=O)(=O)c1ccc(NCCSCCCO)c(N)c1. The van der Waals surface area contributed by atoms with Crippen LogP contribution in [0.15, 0.2) is 23.1 Å². The van der Waals surface area contributed by atoms with E-state index in [4.69, 9.17) is 10.8 Å². The van der Waals surface area contributed by atoms with Crippen molar-refractivity contribution in [3.05, 3.63) is 18.2 Å². The highest BCUT2D eigenvalue weighted by Gasteiger charge is 2.09. The second kappa shape index (κ2) is 7.62. The summed E-state index contributed by atoms with van der Waals surface area (Å²) in [6.07, 6.45) is 1.96. The molecule has 108 valence electrons. The maximum Gasteiger partial charge on any atom is 0.175 e. The Balaban J connectivity index is 2.47. The Morgan fingerprint density at radius 1 is 1.37 bits per heavy atom. The van der Waals surface area contributed by atoms with E-state index in [1.807, 2.05) is 0 Å². The van der Waals surface area contributed by atoms with Crippen molar-refractivity contribution in [2.75, 3.05) is 42.0 Å². The van der Waals surface area contributed by atoms with E-state index in [2.05, 4.69) is 5.32 Å². The van der Waals surface area contributed by atoms with E-state index in [1.54, 1.807) is 23.9 Å². The maximum atomic E-state index is 11.4. The van der Waals surface area contributed by atoms with Crippen LogP contribution in [0, 0.1) is 0 Å². The van der Waals surface area contributed by atoms with Gasteiger partial charge < -0.3 is 16.2 Å². The lowest BCUT2D eigenvalue weighted by molar-refractivity contribution is 0.296. The molecule has 1 aromatic rings. The molecule has 0 amide bonds. The summed E-state index contributed by atoms with van der Waals surface area (Å²) < 4.78 is 22.7. The molecule has 0 heterocycles. The molecule has 0 aliphatic rings. The van der Waals surface area contributed by atoms with Gasteiger partial charge in [0, 0.05) is 25.2 Å². The number of anilines is 2. The predicted molar refractivity (Wildman–Crippen MR) is 81.5 cm³/mol. The second-order valence-electron chi connectivity index (χ2n) is 4.14. The summed E-state index contributed by atoms with van der Waals surface area (Å²) in [7, 11) is -3.21. The van der Waals surface area contributed by atoms with E-state index >= 15 is 0 Å². The predicted octanol–water partition coefficient (Wildman–Crippen LogP) is 1.20. The van der Waals surface area contributed by atoms with E-state index in [9.17, 15) is 8.42 Å². The average Bonchev–Trinajstić information content (AvgIpc) is 2.34. The molecule has 0 aliphatic heterocycles. The number of sulfone groups is 1. The zero-order valence-electron chi connectivity index (χ0n) is 10.9. The number of benzene rings is 1. The van der Waals surface area contributed by atoms with Crippen molar-refractivity contribution in [2.45, 2.75) is 11.3 Å². The van der Waals surface area contributed by atoms with E-state index in [0.29, 0.717) is 5.69 Å². The number of nitrogens with one attached hydrogen (secondary N) is 1. The van der Waals surface area contributed by atoms with Crippen molar-refractivity contribution in [1.29, 1.82) is 0 Å². The topological polar surface area (TPSA) is 92.4 Å². The number of aliphatic hydroxyl groups excluding tert-OH is 1. The van der Waals surface area contributed by atoms with Crippen LogP contribution in [0.1, 0.15) is 6.42 Å². The standard InChI is InChI=1S/C12H20N2O3S2/c1-19(16,17)10-3-4-12(11(13)9-10)14-5-8-18-7-2-6-15/h3-4,9,14-15H,2,5-8,13H2,1H3. The largest absolute Gasteiger partial charge is 0.397 e. The van der Waals surface area contributed by atoms with Gasteiger partial charge in [-0.2, -0.15) is 11.8 Å². The van der Waals surface area contributed by atoms with Crippen LogP contribution in [0.4, 0.5) is 11.4 Å². The third-order valence-electron chi connectivity index (χ3n) is 2.46. The highest BCUT2D eigenvalue weighted by atomic mass is 32.2. The lowest BCUT2D eigenvalue weighted by atomic mass is 10.2. The Bertz CT molecular complexity index is 504. The molecule has 1 rings (SSSR count). The van der Waals surface area contributed by atoms with Gasteiger partial charge in [-0.05, 0) is 30.4 Å². The molecule has 0 fully saturated rings. The molecular formula is C12H20N2O3S2. The molecule has 0 atom stereocenters. The minimum atomic E-state index is -3.21. The molecular weight excluding hydrogens is 284 g/mol. The van der Waals surface area contributed by atoms with E-state index in [-0.39, 0.29) is 11.5 Å². The Morgan fingerprint density at radius 2 is 2.11 bits per heavy atom. The van der Waals surface area contributed by atoms with Crippen LogP contribution in [0.25, 0.3) is 0 Å². The Morgan fingerprint density at radius 3 is 2.68 bits per heavy atom. The van der Waals surface area contributed by atoms with Crippen LogP contribution in [0.3, 0.4) is 0 Å². The van der Waals surface area contributed by atoms with Crippen LogP contribution < -0.4 is 11.1 Å². The quantitative estimate of drug-likeness (QED) is 0.494. The van der Waals surface area contributed by atoms with E-state index in [1.165, 1.54) is 6.07 Å². The van der Waals surface area contributed by atoms with Crippen LogP contribution in [-0.2, 0) is 9.84 Å². The zero-order valence-corrected chi connectivity index (χ0v) is 12.6. The first-order valence-corrected chi connectivity index (χ1v) is 9.02. The summed E-state index contributed by atoms with van der Waals surface area (Å²) in [5.41, 5.74) is 6.99. The third kappa shape index (κ3) is 5.71. The summed E-state index contributed by atoms with van der Waals surface area (Å²) in [6, 6.07) is 4.70. The van der Waals surface area contributed by atoms with Crippen LogP contribution >= 0.6 is 11.8 Å². The van der Waals surface area contributed by atoms with Crippen LogP contribution in [0.2, 0.25) is 0 Å². The van der Waals surface area contributed by atoms with Gasteiger partial charge in [0.2, 0.25) is 0 Å². The molecule has 0 saturated carbocycles. The molecule has 1 aromatic carbocycles. The summed E-state index contributed by atoms with van der Waals surface area (Å²) in [6.45, 7) is 0.971. The highest BCUT2D eigenvalue weighted by molar-refractivity contribution is 7.99. The number of hydrogen-bond donors (Lipinski definition) is 3. The molecule has 7 heteroatoms. The number of thioether (sulfide) groups is 1. The van der Waals surface area contributed by atoms with Gasteiger partial charge in [0.25, 0.3) is 0 Å². The molecule has 0 aromatic heterocycles. The Kier molecular flexibility index (Phi) is 6.47. The molecule has 0 radical (unpaired) electrons. The molecule has 0 unspecified atom stereocenters. The van der Waals surface area contributed by atoms with Crippen molar-refractivity contribution >= 4 is 33.0 Å². The summed E-state index contributed by atoms with van der Waals surface area (Å²) in [5, 5.41) is 11.8. The Labute approximate surface area is 118 Å². The molecule has 0 saturated heterocycles. The first kappa shape index (κ1) is 16.1. The Hall–Kier alpha value is -0.920. The first-order chi connectivity index (χ1) is 8.95. The number of hydrogen-bond acceptors (Lipinski definition) is 6. The molecule has 0 spiro atoms. The van der Waals surface area contributed by atoms with Crippen molar-refractivity contribution in [3.8, 4) is 0 Å². The van der Waals surface area contributed by atoms with Gasteiger partial charge in [-0.3, -0.25) is 0 Å². The number of nitrogen functional groups attached to an aromatic ring is 1. The number of aliphatic hydroxyl groups is 1. The van der Waals surface area contributed by atoms with E-state index < -0.39 is 9.84 Å². The van der Waals surface area contributed by atoms with Crippen LogP contribution in [-0.4, -0.2) is 44.4 Å². The monoisotopic (exact) mass is 304 g/mol. The maximum absolute atomic E-state index is 11.4. The van der Waals surface area contributed by atoms with Gasteiger partial charge in [0.05, 0.1) is 16.3 Å². The van der Waals surface area contributed by atoms with Gasteiger partial charge >= 0.3 is 0 Å². The van der Waals surface area contributed by atoms with Gasteiger partial charge in [-0.25, -0.2) is 8.42 Å². The lowest BCUT2D eigenvalue weighted by Gasteiger charge is -2.10. The smallest absolute Gasteiger partial charge is 0.175 e. The highest BCUT2D eigenvalue weighted by Crippen LogP contribution is 2.22. The molecule has 0 aliphatic carbocycles. The van der Waals surface area contributed by atoms with Gasteiger partial charge in [0.1, 0.15) is 0 Å². The summed E-state index contributed by atoms with van der Waals surface area (Å²) in [5.74, 6) is 1.84. The van der Waals surface area contributed by atoms with Crippen molar-refractivity contribution < 1.29 is 13.5 Å². The fourth-order valence-electron chi connectivity index (χ4n) is 1.46. The summed E-state index contributed by atoms with van der Waals surface area (Å²) >= 11 is 1.75. The minimum absolute atomic E-state index is 0.223. The number of rotatable bonds is 8. The van der Waals surface area contributed by atoms with Gasteiger partial charge in [-0.1, -0.05) is 0 Å². The third-order valence-corrected chi connectivity index (χ3v) is 4.64. The molecule has 0 bridgehead atoms. The second-order valence-corrected chi connectivity index (χ2v) is 7.38. The zero-order chi connectivity index (χ0) is 14.3. The number of nitrogens with two attached hydrogens (primary N) is 1. The summed E-state index contributed by atoms with van der Waals surface area (Å²) in [4.78, 5) is 0.230. The fourth-order valence-corrected chi connectivity index (χ4v) is 2.90. The van der Waals surface area contributed by atoms with Gasteiger partial charge in [0.15, 0.2) is 9.84 Å². The van der Waals surface area contributed by atoms with E-state index in [0.717, 1.165) is 36.4 Å². The van der Waals surface area contributed by atoms with Crippen molar-refractivity contribution in [1.82, 2.24) is 0 Å². The van der Waals surface area contributed by atoms with Crippen molar-refractivity contribution in [3.63, 3.8) is 0 Å². The molecule has 5 nitrogen and oxygen atoms in total. The van der Waals surface area contributed by atoms with Crippen LogP contribution in [0.5, 0.6) is 0 Å².